The number of alkyl halides is 3. The molecule has 3 nitrogen and oxygen atoms in total. The largest absolute Gasteiger partial charge is 0.417 e. The molecule has 0 N–H and O–H groups in total. The van der Waals surface area contributed by atoms with Gasteiger partial charge in [0.25, 0.3) is 11.8 Å². The third kappa shape index (κ3) is 4.53. The number of anilines is 1. The second-order valence-electron chi connectivity index (χ2n) is 6.07. The summed E-state index contributed by atoms with van der Waals surface area (Å²) in [4.78, 5) is 27.1. The fourth-order valence-corrected chi connectivity index (χ4v) is 3.61. The van der Waals surface area contributed by atoms with E-state index in [9.17, 15) is 22.8 Å². The maximum atomic E-state index is 13.4. The summed E-state index contributed by atoms with van der Waals surface area (Å²) in [5, 5.41) is 0.0974. The fourth-order valence-electron chi connectivity index (χ4n) is 2.71. The van der Waals surface area contributed by atoms with Gasteiger partial charge < -0.3 is 0 Å². The van der Waals surface area contributed by atoms with E-state index in [1.807, 2.05) is 0 Å². The van der Waals surface area contributed by atoms with E-state index in [4.69, 9.17) is 23.2 Å². The van der Waals surface area contributed by atoms with Gasteiger partial charge in [0.05, 0.1) is 32.4 Å². The molecule has 0 heterocycles. The summed E-state index contributed by atoms with van der Waals surface area (Å²) in [6.07, 6.45) is -4.71. The van der Waals surface area contributed by atoms with Crippen LogP contribution < -0.4 is 4.90 Å². The van der Waals surface area contributed by atoms with Crippen molar-refractivity contribution in [1.29, 1.82) is 0 Å². The molecule has 0 aromatic heterocycles. The van der Waals surface area contributed by atoms with Gasteiger partial charge in [0.1, 0.15) is 0 Å². The maximum absolute atomic E-state index is 13.4. The number of hydrogen-bond donors (Lipinski definition) is 0. The van der Waals surface area contributed by atoms with E-state index in [1.54, 1.807) is 12.1 Å². The van der Waals surface area contributed by atoms with E-state index in [-0.39, 0.29) is 31.3 Å². The lowest BCUT2D eigenvalue weighted by Gasteiger charge is -2.23. The number of carbonyl (C=O) groups is 2. The first-order valence-electron chi connectivity index (χ1n) is 8.36. The van der Waals surface area contributed by atoms with Crippen molar-refractivity contribution >= 4 is 56.6 Å². The predicted molar refractivity (Wildman–Crippen MR) is 113 cm³/mol. The van der Waals surface area contributed by atoms with E-state index in [0.717, 1.165) is 6.07 Å². The Morgan fingerprint density at radius 1 is 0.800 bits per heavy atom. The zero-order valence-corrected chi connectivity index (χ0v) is 18.0. The van der Waals surface area contributed by atoms with Crippen LogP contribution in [0.4, 0.5) is 18.9 Å². The molecule has 0 spiro atoms. The first kappa shape index (κ1) is 22.3. The normalized spacial score (nSPS) is 11.3. The van der Waals surface area contributed by atoms with E-state index in [1.165, 1.54) is 42.5 Å². The molecule has 3 rings (SSSR count). The number of imide groups is 1. The van der Waals surface area contributed by atoms with Crippen LogP contribution in [0.2, 0.25) is 10.0 Å². The van der Waals surface area contributed by atoms with Gasteiger partial charge >= 0.3 is 6.18 Å². The highest BCUT2D eigenvalue weighted by molar-refractivity contribution is 9.10. The van der Waals surface area contributed by atoms with Gasteiger partial charge in [-0.2, -0.15) is 13.2 Å². The predicted octanol–water partition coefficient (Wildman–Crippen LogP) is 7.26. The summed E-state index contributed by atoms with van der Waals surface area (Å²) in [6, 6.07) is 14.9. The van der Waals surface area contributed by atoms with Gasteiger partial charge in [0.2, 0.25) is 0 Å². The summed E-state index contributed by atoms with van der Waals surface area (Å²) in [5.74, 6) is -1.78. The van der Waals surface area contributed by atoms with E-state index in [0.29, 0.717) is 11.0 Å². The number of rotatable bonds is 3. The minimum Gasteiger partial charge on any atom is -0.268 e. The van der Waals surface area contributed by atoms with E-state index >= 15 is 0 Å². The number of hydrogen-bond acceptors (Lipinski definition) is 2. The molecule has 2 amide bonds. The van der Waals surface area contributed by atoms with Gasteiger partial charge in [-0.05, 0) is 42.5 Å². The quantitative estimate of drug-likeness (QED) is 0.343. The average molecular weight is 517 g/mol. The first-order valence-corrected chi connectivity index (χ1v) is 9.90. The summed E-state index contributed by atoms with van der Waals surface area (Å²) >= 11 is 15.0. The number of carbonyl (C=O) groups excluding carboxylic acids is 2. The Kier molecular flexibility index (Phi) is 6.55. The highest BCUT2D eigenvalue weighted by Crippen LogP contribution is 2.38. The summed E-state index contributed by atoms with van der Waals surface area (Å²) in [5.41, 5.74) is -1.41. The third-order valence-electron chi connectivity index (χ3n) is 4.13. The Balaban J connectivity index is 2.21. The van der Waals surface area contributed by atoms with E-state index in [2.05, 4.69) is 15.9 Å². The Labute approximate surface area is 188 Å². The molecular formula is C21H11BrCl2F3NO2. The summed E-state index contributed by atoms with van der Waals surface area (Å²) < 4.78 is 40.0. The van der Waals surface area contributed by atoms with Gasteiger partial charge in [-0.1, -0.05) is 63.4 Å². The number of amides is 2. The molecule has 0 bridgehead atoms. The van der Waals surface area contributed by atoms with Crippen molar-refractivity contribution in [3.63, 3.8) is 0 Å². The number of halogens is 6. The fraction of sp³-hybridized carbons (Fsp3) is 0.0476. The van der Waals surface area contributed by atoms with Crippen LogP contribution in [-0.2, 0) is 6.18 Å². The highest BCUT2D eigenvalue weighted by atomic mass is 79.9. The van der Waals surface area contributed by atoms with Crippen LogP contribution in [0.25, 0.3) is 0 Å². The van der Waals surface area contributed by atoms with Gasteiger partial charge in [-0.15, -0.1) is 0 Å². The molecule has 0 saturated carbocycles. The number of nitrogens with zero attached hydrogens (tertiary/aromatic N) is 1. The minimum atomic E-state index is -4.71. The van der Waals surface area contributed by atoms with Crippen molar-refractivity contribution in [1.82, 2.24) is 0 Å². The topological polar surface area (TPSA) is 37.4 Å². The lowest BCUT2D eigenvalue weighted by atomic mass is 10.1. The number of benzene rings is 3. The Morgan fingerprint density at radius 3 is 1.70 bits per heavy atom. The molecule has 0 aliphatic carbocycles. The summed E-state index contributed by atoms with van der Waals surface area (Å²) in [7, 11) is 0. The zero-order chi connectivity index (χ0) is 22.1. The standard InChI is InChI=1S/C21H11BrCl2F3NO2/c22-16-10-9-12(11-15(16)21(25,26)27)28(19(29)13-5-1-3-7-17(13)23)20(30)14-6-2-4-8-18(14)24/h1-11H. The smallest absolute Gasteiger partial charge is 0.268 e. The monoisotopic (exact) mass is 515 g/mol. The van der Waals surface area contributed by atoms with Crippen molar-refractivity contribution in [2.75, 3.05) is 4.90 Å². The molecule has 0 aliphatic heterocycles. The second kappa shape index (κ2) is 8.79. The van der Waals surface area contributed by atoms with E-state index < -0.39 is 23.6 Å². The maximum Gasteiger partial charge on any atom is 0.417 e. The highest BCUT2D eigenvalue weighted by Gasteiger charge is 2.35. The van der Waals surface area contributed by atoms with Gasteiger partial charge in [-0.25, -0.2) is 4.90 Å². The molecule has 3 aromatic carbocycles. The van der Waals surface area contributed by atoms with Gasteiger partial charge in [0, 0.05) is 4.47 Å². The summed E-state index contributed by atoms with van der Waals surface area (Å²) in [6.45, 7) is 0. The second-order valence-corrected chi connectivity index (χ2v) is 7.74. The van der Waals surface area contributed by atoms with Crippen molar-refractivity contribution in [3.05, 3.63) is 97.9 Å². The van der Waals surface area contributed by atoms with Crippen LogP contribution in [0, 0.1) is 0 Å². The van der Waals surface area contributed by atoms with Crippen molar-refractivity contribution in [2.24, 2.45) is 0 Å². The molecule has 0 atom stereocenters. The molecule has 0 radical (unpaired) electrons. The molecule has 30 heavy (non-hydrogen) atoms. The van der Waals surface area contributed by atoms with Crippen LogP contribution in [-0.4, -0.2) is 11.8 Å². The molecule has 0 aliphatic rings. The van der Waals surface area contributed by atoms with Crippen LogP contribution in [0.5, 0.6) is 0 Å². The Morgan fingerprint density at radius 2 is 1.27 bits per heavy atom. The van der Waals surface area contributed by atoms with Crippen LogP contribution in [0.1, 0.15) is 26.3 Å². The van der Waals surface area contributed by atoms with Gasteiger partial charge in [0.15, 0.2) is 0 Å². The molecular weight excluding hydrogens is 506 g/mol. The SMILES string of the molecule is O=C(c1ccccc1Cl)N(C(=O)c1ccccc1Cl)c1ccc(Br)c(C(F)(F)F)c1. The van der Waals surface area contributed by atoms with Gasteiger partial charge in [-0.3, -0.25) is 9.59 Å². The van der Waals surface area contributed by atoms with Crippen LogP contribution in [0.3, 0.4) is 0 Å². The molecule has 9 heteroatoms. The lowest BCUT2D eigenvalue weighted by molar-refractivity contribution is -0.138. The minimum absolute atomic E-state index is 0.0453. The molecule has 154 valence electrons. The molecule has 0 unspecified atom stereocenters. The van der Waals surface area contributed by atoms with Crippen LogP contribution in [0.15, 0.2) is 71.2 Å². The lowest BCUT2D eigenvalue weighted by Crippen LogP contribution is -2.37. The van der Waals surface area contributed by atoms with Crippen molar-refractivity contribution in [3.8, 4) is 0 Å². The molecule has 3 aromatic rings. The zero-order valence-electron chi connectivity index (χ0n) is 14.9. The molecule has 0 saturated heterocycles. The van der Waals surface area contributed by atoms with Crippen molar-refractivity contribution < 1.29 is 22.8 Å². The Bertz CT molecular complexity index is 1080. The first-order chi connectivity index (χ1) is 14.1. The van der Waals surface area contributed by atoms with Crippen molar-refractivity contribution in [2.45, 2.75) is 6.18 Å². The Hall–Kier alpha value is -2.35. The molecule has 0 fully saturated rings. The van der Waals surface area contributed by atoms with Crippen LogP contribution >= 0.6 is 39.1 Å². The average Bonchev–Trinajstić information content (AvgIpc) is 2.69. The third-order valence-corrected chi connectivity index (χ3v) is 5.48.